The first kappa shape index (κ1) is 32.4. The second-order valence-electron chi connectivity index (χ2n) is 11.2. The van der Waals surface area contributed by atoms with Crippen LogP contribution in [0.3, 0.4) is 0 Å². The molecule has 2 amide bonds. The summed E-state index contributed by atoms with van der Waals surface area (Å²) >= 11 is 0. The molecule has 0 unspecified atom stereocenters. The molecule has 1 aliphatic heterocycles. The van der Waals surface area contributed by atoms with Gasteiger partial charge in [0, 0.05) is 51.9 Å². The van der Waals surface area contributed by atoms with Crippen LogP contribution in [-0.4, -0.2) is 117 Å². The molecule has 4 atom stereocenters. The van der Waals surface area contributed by atoms with Crippen molar-refractivity contribution in [2.24, 2.45) is 0 Å². The maximum atomic E-state index is 13.0. The highest BCUT2D eigenvalue weighted by molar-refractivity contribution is 5.94. The highest BCUT2D eigenvalue weighted by atomic mass is 16.6. The summed E-state index contributed by atoms with van der Waals surface area (Å²) in [5, 5.41) is 35.9. The second-order valence-corrected chi connectivity index (χ2v) is 11.2. The molecule has 0 radical (unpaired) electrons. The Morgan fingerprint density at radius 2 is 1.79 bits per heavy atom. The SMILES string of the molecule is C=C(NCCNC(=O)c1nc(NC)c2ncn([C@@H]3O[C@H](C(=O)NCC)[C@@H](O)[C@H]3O)c2n1)NCCN(C(C)C)C1CCCC1. The number of ether oxygens (including phenoxy) is 1. The van der Waals surface area contributed by atoms with Gasteiger partial charge in [-0.05, 0) is 33.6 Å². The topological polar surface area (TPSA) is 191 Å². The molecule has 2 aromatic rings. The molecule has 1 aliphatic carbocycles. The molecule has 3 heterocycles. The zero-order valence-electron chi connectivity index (χ0n) is 25.5. The highest BCUT2D eigenvalue weighted by Gasteiger charge is 2.47. The Kier molecular flexibility index (Phi) is 11.1. The first-order valence-corrected chi connectivity index (χ1v) is 15.1. The number of rotatable bonds is 15. The number of aromatic nitrogens is 4. The minimum atomic E-state index is -1.46. The molecule has 4 rings (SSSR count). The normalized spacial score (nSPS) is 22.3. The molecule has 43 heavy (non-hydrogen) atoms. The number of carbonyl (C=O) groups excluding carboxylic acids is 2. The van der Waals surface area contributed by atoms with Crippen LogP contribution in [0.4, 0.5) is 5.82 Å². The smallest absolute Gasteiger partial charge is 0.289 e. The minimum absolute atomic E-state index is 0.121. The summed E-state index contributed by atoms with van der Waals surface area (Å²) < 4.78 is 7.09. The van der Waals surface area contributed by atoms with Gasteiger partial charge in [-0.1, -0.05) is 19.4 Å². The van der Waals surface area contributed by atoms with Crippen molar-refractivity contribution in [1.29, 1.82) is 0 Å². The minimum Gasteiger partial charge on any atom is -0.387 e. The van der Waals surface area contributed by atoms with Crippen LogP contribution in [0, 0.1) is 0 Å². The summed E-state index contributed by atoms with van der Waals surface area (Å²) in [5.41, 5.74) is 0.528. The summed E-state index contributed by atoms with van der Waals surface area (Å²) in [6, 6.07) is 1.16. The maximum absolute atomic E-state index is 13.0. The Hall–Kier alpha value is -3.53. The van der Waals surface area contributed by atoms with Gasteiger partial charge in [-0.2, -0.15) is 0 Å². The van der Waals surface area contributed by atoms with Gasteiger partial charge in [-0.25, -0.2) is 15.0 Å². The molecular formula is C28H46N10O5. The van der Waals surface area contributed by atoms with E-state index in [9.17, 15) is 19.8 Å². The number of imidazole rings is 1. The standard InChI is InChI=1S/C28H46N10O5/c1-6-30-26(41)22-20(39)21(40)28(43-22)38-15-34-19-23(29-5)35-24(36-25(19)38)27(42)33-12-11-31-17(4)32-13-14-37(16(2)3)18-9-7-8-10-18/h15-16,18,20-22,28,31-32,39-40H,4,6-14H2,1-3,5H3,(H,30,41)(H,33,42)(H,29,35,36)/t20-,21+,22-,28+/m0/s1. The van der Waals surface area contributed by atoms with Crippen LogP contribution >= 0.6 is 0 Å². The third-order valence-electron chi connectivity index (χ3n) is 7.90. The monoisotopic (exact) mass is 602 g/mol. The number of aliphatic hydroxyl groups excluding tert-OH is 2. The molecule has 2 aromatic heterocycles. The number of hydrogen-bond acceptors (Lipinski definition) is 12. The number of aliphatic hydroxyl groups is 2. The van der Waals surface area contributed by atoms with Crippen molar-refractivity contribution in [3.8, 4) is 0 Å². The van der Waals surface area contributed by atoms with Gasteiger partial charge in [0.2, 0.25) is 5.82 Å². The van der Waals surface area contributed by atoms with Crippen LogP contribution in [0.1, 0.15) is 63.3 Å². The Morgan fingerprint density at radius 1 is 1.09 bits per heavy atom. The average molecular weight is 603 g/mol. The predicted molar refractivity (Wildman–Crippen MR) is 161 cm³/mol. The molecule has 2 aliphatic rings. The molecular weight excluding hydrogens is 556 g/mol. The lowest BCUT2D eigenvalue weighted by Gasteiger charge is -2.32. The van der Waals surface area contributed by atoms with E-state index in [4.69, 9.17) is 4.74 Å². The first-order valence-electron chi connectivity index (χ1n) is 15.1. The fourth-order valence-corrected chi connectivity index (χ4v) is 5.72. The third-order valence-corrected chi connectivity index (χ3v) is 7.90. The molecule has 0 bridgehead atoms. The van der Waals surface area contributed by atoms with E-state index < -0.39 is 36.4 Å². The van der Waals surface area contributed by atoms with Crippen LogP contribution in [0.25, 0.3) is 11.2 Å². The highest BCUT2D eigenvalue weighted by Crippen LogP contribution is 2.32. The first-order chi connectivity index (χ1) is 20.7. The Labute approximate surface area is 251 Å². The molecule has 238 valence electrons. The molecule has 7 N–H and O–H groups in total. The molecule has 0 spiro atoms. The van der Waals surface area contributed by atoms with Crippen molar-refractivity contribution in [3.05, 3.63) is 24.6 Å². The number of nitrogens with one attached hydrogen (secondary N) is 5. The number of carbonyl (C=O) groups is 2. The van der Waals surface area contributed by atoms with Gasteiger partial charge in [0.05, 0.1) is 12.1 Å². The zero-order valence-corrected chi connectivity index (χ0v) is 25.5. The summed E-state index contributed by atoms with van der Waals surface area (Å²) in [6.07, 6.45) is 1.19. The van der Waals surface area contributed by atoms with Crippen molar-refractivity contribution in [1.82, 2.24) is 45.7 Å². The largest absolute Gasteiger partial charge is 0.387 e. The molecule has 15 heteroatoms. The fourth-order valence-electron chi connectivity index (χ4n) is 5.72. The van der Waals surface area contributed by atoms with E-state index >= 15 is 0 Å². The number of likely N-dealkylation sites (N-methyl/N-ethyl adjacent to an activating group) is 1. The van der Waals surface area contributed by atoms with E-state index in [1.54, 1.807) is 14.0 Å². The van der Waals surface area contributed by atoms with Gasteiger partial charge >= 0.3 is 0 Å². The van der Waals surface area contributed by atoms with E-state index in [1.165, 1.54) is 36.6 Å². The van der Waals surface area contributed by atoms with E-state index in [-0.39, 0.29) is 11.5 Å². The lowest BCUT2D eigenvalue weighted by molar-refractivity contribution is -0.137. The molecule has 2 fully saturated rings. The van der Waals surface area contributed by atoms with Gasteiger partial charge in [-0.3, -0.25) is 19.1 Å². The number of nitrogens with zero attached hydrogens (tertiary/aromatic N) is 5. The summed E-state index contributed by atoms with van der Waals surface area (Å²) in [5.74, 6) is -0.189. The van der Waals surface area contributed by atoms with E-state index in [2.05, 4.69) is 66.9 Å². The van der Waals surface area contributed by atoms with E-state index in [1.807, 2.05) is 0 Å². The molecule has 1 saturated carbocycles. The lowest BCUT2D eigenvalue weighted by Crippen LogP contribution is -2.43. The van der Waals surface area contributed by atoms with Gasteiger partial charge in [0.15, 0.2) is 29.3 Å². The van der Waals surface area contributed by atoms with Crippen LogP contribution in [0.2, 0.25) is 0 Å². The molecule has 0 aromatic carbocycles. The Balaban J connectivity index is 1.32. The van der Waals surface area contributed by atoms with Crippen molar-refractivity contribution < 1.29 is 24.5 Å². The van der Waals surface area contributed by atoms with Gasteiger partial charge in [0.1, 0.15) is 12.2 Å². The summed E-state index contributed by atoms with van der Waals surface area (Å²) in [6.45, 7) is 13.0. The van der Waals surface area contributed by atoms with E-state index in [0.717, 1.165) is 13.1 Å². The number of fused-ring (bicyclic) bond motifs is 1. The zero-order chi connectivity index (χ0) is 31.1. The third kappa shape index (κ3) is 7.52. The Morgan fingerprint density at radius 3 is 2.47 bits per heavy atom. The van der Waals surface area contributed by atoms with Crippen molar-refractivity contribution in [2.45, 2.75) is 83.1 Å². The summed E-state index contributed by atoms with van der Waals surface area (Å²) in [4.78, 5) is 40.8. The van der Waals surface area contributed by atoms with Crippen LogP contribution < -0.4 is 26.6 Å². The van der Waals surface area contributed by atoms with Crippen molar-refractivity contribution in [2.75, 3.05) is 45.1 Å². The van der Waals surface area contributed by atoms with Gasteiger partial charge < -0.3 is 41.5 Å². The van der Waals surface area contributed by atoms with Crippen molar-refractivity contribution in [3.63, 3.8) is 0 Å². The maximum Gasteiger partial charge on any atom is 0.289 e. The second kappa shape index (κ2) is 14.8. The van der Waals surface area contributed by atoms with Crippen molar-refractivity contribution >= 4 is 28.8 Å². The molecule has 1 saturated heterocycles. The van der Waals surface area contributed by atoms with Crippen LogP contribution in [0.5, 0.6) is 0 Å². The Bertz CT molecular complexity index is 1260. The van der Waals surface area contributed by atoms with E-state index in [0.29, 0.717) is 48.9 Å². The quantitative estimate of drug-likeness (QED) is 0.131. The lowest BCUT2D eigenvalue weighted by atomic mass is 10.1. The van der Waals surface area contributed by atoms with Gasteiger partial charge in [-0.15, -0.1) is 0 Å². The van der Waals surface area contributed by atoms with Crippen LogP contribution in [0.15, 0.2) is 18.7 Å². The predicted octanol–water partition coefficient (Wildman–Crippen LogP) is -0.343. The number of anilines is 1. The number of hydrogen-bond donors (Lipinski definition) is 7. The summed E-state index contributed by atoms with van der Waals surface area (Å²) in [7, 11) is 1.63. The van der Waals surface area contributed by atoms with Gasteiger partial charge in [0.25, 0.3) is 11.8 Å². The van der Waals surface area contributed by atoms with Crippen LogP contribution in [-0.2, 0) is 9.53 Å². The number of amides is 2. The molecule has 15 nitrogen and oxygen atoms in total. The fraction of sp³-hybridized carbons (Fsp3) is 0.679. The average Bonchev–Trinajstić information content (AvgIpc) is 3.73.